The quantitative estimate of drug-likeness (QED) is 0.161. The fourth-order valence-corrected chi connectivity index (χ4v) is 6.79. The third kappa shape index (κ3) is 6.08. The second-order valence-electron chi connectivity index (χ2n) is 11.9. The number of carbonyl (C=O) groups is 1. The van der Waals surface area contributed by atoms with Crippen LogP contribution >= 0.6 is 22.9 Å². The fraction of sp³-hybridized carbons (Fsp3) is 0.286. The van der Waals surface area contributed by atoms with E-state index >= 15 is 0 Å². The predicted molar refractivity (Wildman–Crippen MR) is 180 cm³/mol. The molecule has 0 unspecified atom stereocenters. The number of rotatable bonds is 7. The molecule has 6 aromatic rings. The van der Waals surface area contributed by atoms with Crippen LogP contribution in [0.15, 0.2) is 60.9 Å². The average Bonchev–Trinajstić information content (AvgIpc) is 3.55. The summed E-state index contributed by atoms with van der Waals surface area (Å²) in [5.41, 5.74) is 7.97. The number of aromatic nitrogens is 5. The first-order valence-corrected chi connectivity index (χ1v) is 15.9. The number of ether oxygens (including phenoxy) is 2. The summed E-state index contributed by atoms with van der Waals surface area (Å²) < 4.78 is 14.7. The first-order chi connectivity index (χ1) is 21.4. The van der Waals surface area contributed by atoms with E-state index in [1.54, 1.807) is 24.5 Å². The normalized spacial score (nSPS) is 12.6. The van der Waals surface area contributed by atoms with Crippen molar-refractivity contribution in [2.75, 3.05) is 6.61 Å². The van der Waals surface area contributed by atoms with Crippen LogP contribution < -0.4 is 0 Å². The monoisotopic (exact) mass is 639 g/mol. The molecule has 0 radical (unpaired) electrons. The maximum Gasteiger partial charge on any atom is 0.339 e. The molecule has 8 nitrogen and oxygen atoms in total. The summed E-state index contributed by atoms with van der Waals surface area (Å²) in [6.45, 7) is 11.8. The highest BCUT2D eigenvalue weighted by molar-refractivity contribution is 7.22. The molecular formula is C35H34ClN5O3S. The van der Waals surface area contributed by atoms with Crippen molar-refractivity contribution in [2.45, 2.75) is 53.2 Å². The van der Waals surface area contributed by atoms with Crippen molar-refractivity contribution in [2.24, 2.45) is 7.05 Å². The highest BCUT2D eigenvalue weighted by Crippen LogP contribution is 2.45. The van der Waals surface area contributed by atoms with Gasteiger partial charge in [-0.05, 0) is 89.1 Å². The average molecular weight is 640 g/mol. The van der Waals surface area contributed by atoms with Gasteiger partial charge < -0.3 is 9.47 Å². The number of carbonyl (C=O) groups excluding carboxylic acids is 1. The summed E-state index contributed by atoms with van der Waals surface area (Å²) in [5, 5.41) is 7.01. The van der Waals surface area contributed by atoms with Gasteiger partial charge >= 0.3 is 5.97 Å². The number of thiazole rings is 1. The van der Waals surface area contributed by atoms with Crippen molar-refractivity contribution >= 4 is 50.0 Å². The molecule has 0 amide bonds. The van der Waals surface area contributed by atoms with Crippen LogP contribution in [0.25, 0.3) is 54.2 Å². The van der Waals surface area contributed by atoms with Crippen LogP contribution in [0.1, 0.15) is 50.6 Å². The number of aryl methyl sites for hydroxylation is 3. The number of hydrogen-bond donors (Lipinski definition) is 0. The zero-order valence-electron chi connectivity index (χ0n) is 26.3. The van der Waals surface area contributed by atoms with Crippen LogP contribution in [-0.4, -0.2) is 42.9 Å². The summed E-state index contributed by atoms with van der Waals surface area (Å²) in [5.74, 6) is -0.429. The van der Waals surface area contributed by atoms with E-state index in [9.17, 15) is 4.79 Å². The van der Waals surface area contributed by atoms with Gasteiger partial charge in [-0.15, -0.1) is 11.3 Å². The van der Waals surface area contributed by atoms with Gasteiger partial charge in [0.15, 0.2) is 6.10 Å². The smallest absolute Gasteiger partial charge is 0.339 e. The Hall–Kier alpha value is -4.18. The molecule has 230 valence electrons. The highest BCUT2D eigenvalue weighted by atomic mass is 35.5. The Morgan fingerprint density at radius 2 is 1.76 bits per heavy atom. The van der Waals surface area contributed by atoms with Gasteiger partial charge in [-0.2, -0.15) is 5.10 Å². The minimum Gasteiger partial charge on any atom is -0.464 e. The molecule has 10 heteroatoms. The maximum absolute atomic E-state index is 13.5. The molecule has 0 aliphatic rings. The molecule has 0 bridgehead atoms. The largest absolute Gasteiger partial charge is 0.464 e. The van der Waals surface area contributed by atoms with Gasteiger partial charge in [0.1, 0.15) is 5.01 Å². The van der Waals surface area contributed by atoms with Crippen LogP contribution in [0, 0.1) is 13.8 Å². The second kappa shape index (κ2) is 12.0. The van der Waals surface area contributed by atoms with Crippen molar-refractivity contribution in [3.63, 3.8) is 0 Å². The molecular weight excluding hydrogens is 606 g/mol. The maximum atomic E-state index is 13.5. The molecule has 0 fully saturated rings. The Morgan fingerprint density at radius 3 is 2.47 bits per heavy atom. The molecule has 0 N–H and O–H groups in total. The molecule has 0 aliphatic carbocycles. The SMILES string of the molecule is CCOC(=O)[C@@H](OC(C)(C)C)c1c(C)cc2nc(-c3ccnc(-c4cc5c(C)nn(C)c5cn4)c3)sc2c1-c1ccc(Cl)cc1. The topological polar surface area (TPSA) is 92.0 Å². The molecule has 0 saturated heterocycles. The lowest BCUT2D eigenvalue weighted by atomic mass is 9.91. The van der Waals surface area contributed by atoms with Gasteiger partial charge in [-0.25, -0.2) is 9.78 Å². The standard InChI is InChI=1S/C35H34ClN5O3S/c1-8-43-34(42)31(44-35(4,5)6)29-19(2)15-27-32(30(29)21-9-11-23(36)12-10-21)45-33(39-27)22-13-14-37-25(16-22)26-17-24-20(3)40-41(7)28(24)18-38-26/h9-18,31H,8H2,1-7H3/t31-/m0/s1. The third-order valence-corrected chi connectivity index (χ3v) is 8.88. The van der Waals surface area contributed by atoms with E-state index in [4.69, 9.17) is 26.1 Å². The Bertz CT molecular complexity index is 2060. The van der Waals surface area contributed by atoms with Crippen LogP contribution in [0.5, 0.6) is 0 Å². The van der Waals surface area contributed by atoms with Gasteiger partial charge in [0, 0.05) is 40.3 Å². The summed E-state index contributed by atoms with van der Waals surface area (Å²) in [6.07, 6.45) is 2.68. The molecule has 4 heterocycles. The van der Waals surface area contributed by atoms with Gasteiger partial charge in [-0.3, -0.25) is 14.6 Å². The lowest BCUT2D eigenvalue weighted by Crippen LogP contribution is -2.29. The molecule has 1 atom stereocenters. The van der Waals surface area contributed by atoms with Crippen molar-refractivity contribution in [3.8, 4) is 33.1 Å². The van der Waals surface area contributed by atoms with E-state index in [0.717, 1.165) is 71.0 Å². The second-order valence-corrected chi connectivity index (χ2v) is 13.4. The first kappa shape index (κ1) is 30.8. The number of halogens is 1. The van der Waals surface area contributed by atoms with Crippen molar-refractivity contribution < 1.29 is 14.3 Å². The predicted octanol–water partition coefficient (Wildman–Crippen LogP) is 8.66. The number of esters is 1. The van der Waals surface area contributed by atoms with Gasteiger partial charge in [-0.1, -0.05) is 23.7 Å². The number of pyridine rings is 2. The lowest BCUT2D eigenvalue weighted by molar-refractivity contribution is -0.166. The van der Waals surface area contributed by atoms with E-state index < -0.39 is 17.7 Å². The van der Waals surface area contributed by atoms with Gasteiger partial charge in [0.2, 0.25) is 0 Å². The first-order valence-electron chi connectivity index (χ1n) is 14.7. The van der Waals surface area contributed by atoms with Crippen LogP contribution in [0.3, 0.4) is 0 Å². The van der Waals surface area contributed by atoms with Crippen molar-refractivity contribution in [1.29, 1.82) is 0 Å². The highest BCUT2D eigenvalue weighted by Gasteiger charge is 2.33. The van der Waals surface area contributed by atoms with E-state index in [0.29, 0.717) is 5.02 Å². The zero-order valence-corrected chi connectivity index (χ0v) is 27.9. The Labute approximate surface area is 271 Å². The third-order valence-electron chi connectivity index (χ3n) is 7.49. The Kier molecular flexibility index (Phi) is 8.20. The van der Waals surface area contributed by atoms with Gasteiger partial charge in [0.25, 0.3) is 0 Å². The molecule has 0 aliphatic heterocycles. The minimum atomic E-state index is -0.935. The summed E-state index contributed by atoms with van der Waals surface area (Å²) in [7, 11) is 1.91. The minimum absolute atomic E-state index is 0.248. The number of benzene rings is 2. The van der Waals surface area contributed by atoms with Crippen molar-refractivity contribution in [3.05, 3.63) is 82.8 Å². The molecule has 45 heavy (non-hydrogen) atoms. The molecule has 4 aromatic heterocycles. The van der Waals surface area contributed by atoms with Crippen LogP contribution in [-0.2, 0) is 21.3 Å². The number of hydrogen-bond acceptors (Lipinski definition) is 8. The van der Waals surface area contributed by atoms with E-state index in [1.807, 2.05) is 101 Å². The van der Waals surface area contributed by atoms with E-state index in [1.165, 1.54) is 0 Å². The summed E-state index contributed by atoms with van der Waals surface area (Å²) >= 11 is 7.86. The Morgan fingerprint density at radius 1 is 1.02 bits per heavy atom. The van der Waals surface area contributed by atoms with E-state index in [-0.39, 0.29) is 6.61 Å². The molecule has 0 saturated carbocycles. The Balaban J connectivity index is 1.53. The van der Waals surface area contributed by atoms with Crippen LogP contribution in [0.2, 0.25) is 5.02 Å². The van der Waals surface area contributed by atoms with Gasteiger partial charge in [0.05, 0.1) is 51.2 Å². The summed E-state index contributed by atoms with van der Waals surface area (Å²) in [4.78, 5) is 27.9. The molecule has 0 spiro atoms. The molecule has 6 rings (SSSR count). The van der Waals surface area contributed by atoms with E-state index in [2.05, 4.69) is 15.1 Å². The number of nitrogens with zero attached hydrogens (tertiary/aromatic N) is 5. The van der Waals surface area contributed by atoms with Crippen molar-refractivity contribution in [1.82, 2.24) is 24.7 Å². The zero-order chi connectivity index (χ0) is 32.0. The fourth-order valence-electron chi connectivity index (χ4n) is 5.54. The van der Waals surface area contributed by atoms with Crippen LogP contribution in [0.4, 0.5) is 0 Å². The lowest BCUT2D eigenvalue weighted by Gasteiger charge is -2.29. The molecule has 2 aromatic carbocycles. The summed E-state index contributed by atoms with van der Waals surface area (Å²) in [6, 6.07) is 15.6. The number of fused-ring (bicyclic) bond motifs is 2.